The van der Waals surface area contributed by atoms with Crippen molar-refractivity contribution < 1.29 is 33.4 Å². The van der Waals surface area contributed by atoms with Crippen LogP contribution in [0.5, 0.6) is 5.75 Å². The highest BCUT2D eigenvalue weighted by atomic mass is 16.7. The minimum Gasteiger partial charge on any atom is -0.496 e. The molecule has 0 aliphatic carbocycles. The number of methoxy groups -OCH3 is 1. The van der Waals surface area contributed by atoms with Crippen LogP contribution in [0.4, 0.5) is 5.69 Å². The lowest BCUT2D eigenvalue weighted by Crippen LogP contribution is -2.32. The van der Waals surface area contributed by atoms with E-state index in [1.54, 1.807) is 37.4 Å². The normalized spacial score (nSPS) is 11.2. The Bertz CT molecular complexity index is 1640. The second-order valence-corrected chi connectivity index (χ2v) is 10.4. The van der Waals surface area contributed by atoms with Crippen LogP contribution in [-0.4, -0.2) is 73.5 Å². The average Bonchev–Trinajstić information content (AvgIpc) is 3.06. The van der Waals surface area contributed by atoms with Crippen LogP contribution >= 0.6 is 0 Å². The summed E-state index contributed by atoms with van der Waals surface area (Å²) < 4.78 is 15.5. The van der Waals surface area contributed by atoms with Crippen molar-refractivity contribution >= 4 is 41.4 Å². The number of rotatable bonds is 14. The van der Waals surface area contributed by atoms with Crippen molar-refractivity contribution in [1.82, 2.24) is 9.88 Å². The molecule has 242 valence electrons. The fourth-order valence-corrected chi connectivity index (χ4v) is 4.38. The first-order chi connectivity index (χ1) is 21.9. The SMILES string of the molecule is C=Cc1cc(C(=O)Nc2ccc(C(=N)N)cc2)c(-c2ccc(C(=O)N(C)CC(C)CC)nc2C(=O)OCOC(=O)CN)cc1OC. The van der Waals surface area contributed by atoms with Crippen molar-refractivity contribution in [3.05, 3.63) is 83.2 Å². The number of hydrogen-bond donors (Lipinski definition) is 4. The smallest absolute Gasteiger partial charge is 0.360 e. The highest BCUT2D eigenvalue weighted by Gasteiger charge is 2.26. The molecule has 0 saturated heterocycles. The zero-order valence-corrected chi connectivity index (χ0v) is 26.2. The van der Waals surface area contributed by atoms with E-state index in [2.05, 4.69) is 16.9 Å². The second-order valence-electron chi connectivity index (χ2n) is 10.4. The monoisotopic (exact) mass is 630 g/mol. The van der Waals surface area contributed by atoms with Gasteiger partial charge in [0, 0.05) is 47.1 Å². The van der Waals surface area contributed by atoms with E-state index >= 15 is 0 Å². The van der Waals surface area contributed by atoms with Gasteiger partial charge >= 0.3 is 11.9 Å². The molecule has 0 aliphatic heterocycles. The van der Waals surface area contributed by atoms with Crippen molar-refractivity contribution in [2.45, 2.75) is 20.3 Å². The summed E-state index contributed by atoms with van der Waals surface area (Å²) in [7, 11) is 3.08. The van der Waals surface area contributed by atoms with Crippen LogP contribution in [0.1, 0.15) is 62.7 Å². The number of nitrogens with zero attached hydrogens (tertiary/aromatic N) is 2. The highest BCUT2D eigenvalue weighted by Crippen LogP contribution is 2.34. The molecular formula is C33H38N6O7. The van der Waals surface area contributed by atoms with Crippen LogP contribution in [0.2, 0.25) is 0 Å². The van der Waals surface area contributed by atoms with Crippen molar-refractivity contribution in [2.75, 3.05) is 39.4 Å². The molecule has 6 N–H and O–H groups in total. The molecule has 1 unspecified atom stereocenters. The molecule has 0 aliphatic rings. The molecule has 0 spiro atoms. The Balaban J connectivity index is 2.16. The van der Waals surface area contributed by atoms with Crippen molar-refractivity contribution in [3.8, 4) is 16.9 Å². The maximum absolute atomic E-state index is 13.7. The number of pyridine rings is 1. The lowest BCUT2D eigenvalue weighted by molar-refractivity contribution is -0.150. The topological polar surface area (TPSA) is 200 Å². The van der Waals surface area contributed by atoms with Gasteiger partial charge in [0.25, 0.3) is 11.8 Å². The molecule has 1 aromatic heterocycles. The van der Waals surface area contributed by atoms with Crippen LogP contribution in [0, 0.1) is 11.3 Å². The van der Waals surface area contributed by atoms with Gasteiger partial charge in [-0.2, -0.15) is 0 Å². The van der Waals surface area contributed by atoms with Crippen LogP contribution in [-0.2, 0) is 14.3 Å². The number of carbonyl (C=O) groups excluding carboxylic acids is 4. The van der Waals surface area contributed by atoms with Crippen molar-refractivity contribution in [2.24, 2.45) is 17.4 Å². The van der Waals surface area contributed by atoms with E-state index in [1.807, 2.05) is 13.8 Å². The first-order valence-corrected chi connectivity index (χ1v) is 14.3. The van der Waals surface area contributed by atoms with Crippen LogP contribution < -0.4 is 21.5 Å². The molecule has 46 heavy (non-hydrogen) atoms. The molecule has 2 amide bonds. The van der Waals surface area contributed by atoms with Gasteiger partial charge in [-0.05, 0) is 54.4 Å². The number of nitrogens with two attached hydrogens (primary N) is 2. The first kappa shape index (κ1) is 34.9. The maximum Gasteiger partial charge on any atom is 0.360 e. The quantitative estimate of drug-likeness (QED) is 0.0881. The van der Waals surface area contributed by atoms with E-state index in [0.29, 0.717) is 29.1 Å². The van der Waals surface area contributed by atoms with E-state index in [9.17, 15) is 19.2 Å². The molecule has 0 fully saturated rings. The fourth-order valence-electron chi connectivity index (χ4n) is 4.38. The molecule has 1 atom stereocenters. The Labute approximate surface area is 267 Å². The molecule has 0 saturated carbocycles. The number of hydrogen-bond acceptors (Lipinski definition) is 10. The number of carbonyl (C=O) groups is 4. The number of esters is 2. The average molecular weight is 631 g/mol. The number of amidine groups is 1. The lowest BCUT2D eigenvalue weighted by atomic mass is 9.94. The van der Waals surface area contributed by atoms with E-state index in [4.69, 9.17) is 31.1 Å². The Hall–Kier alpha value is -5.56. The Morgan fingerprint density at radius 3 is 2.37 bits per heavy atom. The van der Waals surface area contributed by atoms with E-state index < -0.39 is 37.1 Å². The molecule has 0 bridgehead atoms. The summed E-state index contributed by atoms with van der Waals surface area (Å²) >= 11 is 0. The van der Waals surface area contributed by atoms with Gasteiger partial charge in [-0.15, -0.1) is 0 Å². The van der Waals surface area contributed by atoms with Gasteiger partial charge in [0.05, 0.1) is 13.7 Å². The second kappa shape index (κ2) is 16.0. The van der Waals surface area contributed by atoms with Crippen LogP contribution in [0.15, 0.2) is 55.1 Å². The third-order valence-electron chi connectivity index (χ3n) is 7.09. The first-order valence-electron chi connectivity index (χ1n) is 14.3. The Morgan fingerprint density at radius 2 is 1.78 bits per heavy atom. The largest absolute Gasteiger partial charge is 0.496 e. The van der Waals surface area contributed by atoms with Gasteiger partial charge in [-0.25, -0.2) is 9.78 Å². The summed E-state index contributed by atoms with van der Waals surface area (Å²) in [5.74, 6) is -2.34. The number of ether oxygens (including phenoxy) is 3. The zero-order chi connectivity index (χ0) is 34.0. The summed E-state index contributed by atoms with van der Waals surface area (Å²) in [6.45, 7) is 7.13. The Kier molecular flexibility index (Phi) is 12.1. The molecule has 3 rings (SSSR count). The third-order valence-corrected chi connectivity index (χ3v) is 7.09. The summed E-state index contributed by atoms with van der Waals surface area (Å²) in [5, 5.41) is 10.4. The fraction of sp³-hybridized carbons (Fsp3) is 0.273. The van der Waals surface area contributed by atoms with Gasteiger partial charge in [0.1, 0.15) is 17.3 Å². The lowest BCUT2D eigenvalue weighted by Gasteiger charge is -2.21. The van der Waals surface area contributed by atoms with Crippen LogP contribution in [0.3, 0.4) is 0 Å². The number of anilines is 1. The van der Waals surface area contributed by atoms with Gasteiger partial charge < -0.3 is 35.9 Å². The number of benzene rings is 2. The molecule has 2 aromatic carbocycles. The number of nitrogens with one attached hydrogen (secondary N) is 2. The molecule has 13 nitrogen and oxygen atoms in total. The van der Waals surface area contributed by atoms with E-state index in [-0.39, 0.29) is 39.8 Å². The highest BCUT2D eigenvalue weighted by molar-refractivity contribution is 6.11. The number of nitrogen functional groups attached to an aromatic ring is 1. The van der Waals surface area contributed by atoms with Crippen molar-refractivity contribution in [3.63, 3.8) is 0 Å². The minimum atomic E-state index is -1.02. The van der Waals surface area contributed by atoms with Gasteiger partial charge in [-0.1, -0.05) is 32.9 Å². The number of aromatic nitrogens is 1. The van der Waals surface area contributed by atoms with Crippen molar-refractivity contribution in [1.29, 1.82) is 5.41 Å². The molecule has 0 radical (unpaired) electrons. The van der Waals surface area contributed by atoms with E-state index in [0.717, 1.165) is 6.42 Å². The summed E-state index contributed by atoms with van der Waals surface area (Å²) in [6, 6.07) is 12.4. The van der Waals surface area contributed by atoms with Gasteiger partial charge in [-0.3, -0.25) is 19.8 Å². The standard InChI is InChI=1S/C33H38N6O7/c1-6-19(3)17-39(4)32(42)26-13-12-23(29(38-26)33(43)46-18-45-28(40)16-34)24-15-27(44-5)20(7-2)14-25(24)31(41)37-22-10-8-21(9-11-22)30(35)36/h7-15,19H,2,6,16-18,34H2,1,3-5H3,(H3,35,36)(H,37,41). The number of amides is 2. The molecule has 3 aromatic rings. The summed E-state index contributed by atoms with van der Waals surface area (Å²) in [6.07, 6.45) is 2.37. The maximum atomic E-state index is 13.7. The minimum absolute atomic E-state index is 0.0355. The third kappa shape index (κ3) is 8.54. The van der Waals surface area contributed by atoms with E-state index in [1.165, 1.54) is 36.3 Å². The predicted octanol–water partition coefficient (Wildman–Crippen LogP) is 3.67. The molecular weight excluding hydrogens is 592 g/mol. The van der Waals surface area contributed by atoms with Gasteiger partial charge in [0.15, 0.2) is 5.69 Å². The van der Waals surface area contributed by atoms with Gasteiger partial charge in [0.2, 0.25) is 6.79 Å². The molecule has 1 heterocycles. The summed E-state index contributed by atoms with van der Waals surface area (Å²) in [5.41, 5.74) is 12.3. The Morgan fingerprint density at radius 1 is 1.09 bits per heavy atom. The zero-order valence-electron chi connectivity index (χ0n) is 26.2. The predicted molar refractivity (Wildman–Crippen MR) is 174 cm³/mol. The van der Waals surface area contributed by atoms with Crippen LogP contribution in [0.25, 0.3) is 17.2 Å². The molecule has 13 heteroatoms. The summed E-state index contributed by atoms with van der Waals surface area (Å²) in [4.78, 5) is 57.8.